The Morgan fingerprint density at radius 1 is 1.14 bits per heavy atom. The minimum atomic E-state index is -0.445. The van der Waals surface area contributed by atoms with Gasteiger partial charge in [0.1, 0.15) is 17.2 Å². The Kier molecular flexibility index (Phi) is 2.85. The average Bonchev–Trinajstić information content (AvgIpc) is 3.10. The lowest BCUT2D eigenvalue weighted by atomic mass is 10.1. The number of benzene rings is 2. The minimum absolute atomic E-state index is 0.0760. The van der Waals surface area contributed by atoms with Crippen LogP contribution in [0.2, 0.25) is 0 Å². The molecule has 1 aromatic heterocycles. The molecule has 2 N–H and O–H groups in total. The van der Waals surface area contributed by atoms with Crippen molar-refractivity contribution in [3.05, 3.63) is 42.5 Å². The molecular weight excluding hydrogens is 280 g/mol. The van der Waals surface area contributed by atoms with Crippen molar-refractivity contribution in [1.29, 1.82) is 0 Å². The molecule has 3 aromatic rings. The smallest absolute Gasteiger partial charge is 0.246 e. The molecule has 0 spiro atoms. The SMILES string of the molecule is O=C1CCC(C(=O)Nc2ccc3c(c2)oc2ccccc23)N1. The van der Waals surface area contributed by atoms with Crippen LogP contribution in [0.3, 0.4) is 0 Å². The summed E-state index contributed by atoms with van der Waals surface area (Å²) >= 11 is 0. The van der Waals surface area contributed by atoms with Crippen LogP contribution < -0.4 is 10.6 Å². The second kappa shape index (κ2) is 4.87. The van der Waals surface area contributed by atoms with Crippen LogP contribution in [-0.2, 0) is 9.59 Å². The van der Waals surface area contributed by atoms with Crippen LogP contribution in [0.1, 0.15) is 12.8 Å². The topological polar surface area (TPSA) is 71.3 Å². The Hall–Kier alpha value is -2.82. The maximum absolute atomic E-state index is 12.1. The molecule has 0 saturated carbocycles. The van der Waals surface area contributed by atoms with Crippen molar-refractivity contribution < 1.29 is 14.0 Å². The van der Waals surface area contributed by atoms with E-state index in [-0.39, 0.29) is 11.8 Å². The first kappa shape index (κ1) is 12.9. The molecule has 1 saturated heterocycles. The number of rotatable bonds is 2. The van der Waals surface area contributed by atoms with Crippen LogP contribution in [0.25, 0.3) is 21.9 Å². The maximum Gasteiger partial charge on any atom is 0.246 e. The number of hydrogen-bond acceptors (Lipinski definition) is 3. The van der Waals surface area contributed by atoms with E-state index in [0.717, 1.165) is 21.9 Å². The first-order chi connectivity index (χ1) is 10.7. The highest BCUT2D eigenvalue weighted by atomic mass is 16.3. The maximum atomic E-state index is 12.1. The number of para-hydroxylation sites is 1. The Morgan fingerprint density at radius 3 is 2.77 bits per heavy atom. The van der Waals surface area contributed by atoms with E-state index in [1.165, 1.54) is 0 Å². The van der Waals surface area contributed by atoms with Gasteiger partial charge in [-0.2, -0.15) is 0 Å². The summed E-state index contributed by atoms with van der Waals surface area (Å²) < 4.78 is 5.80. The summed E-state index contributed by atoms with van der Waals surface area (Å²) in [5.74, 6) is -0.269. The number of hydrogen-bond donors (Lipinski definition) is 2. The third-order valence-corrected chi connectivity index (χ3v) is 3.96. The van der Waals surface area contributed by atoms with Gasteiger partial charge in [-0.25, -0.2) is 0 Å². The summed E-state index contributed by atoms with van der Waals surface area (Å²) in [5, 5.41) is 7.56. The molecule has 2 amide bonds. The number of carbonyl (C=O) groups is 2. The van der Waals surface area contributed by atoms with Gasteiger partial charge in [-0.3, -0.25) is 9.59 Å². The van der Waals surface area contributed by atoms with E-state index < -0.39 is 6.04 Å². The van der Waals surface area contributed by atoms with Crippen molar-refractivity contribution in [2.24, 2.45) is 0 Å². The van der Waals surface area contributed by atoms with Gasteiger partial charge in [0.15, 0.2) is 0 Å². The molecule has 5 heteroatoms. The van der Waals surface area contributed by atoms with Gasteiger partial charge in [0.05, 0.1) is 0 Å². The highest BCUT2D eigenvalue weighted by molar-refractivity contribution is 6.07. The van der Waals surface area contributed by atoms with E-state index >= 15 is 0 Å². The van der Waals surface area contributed by atoms with Crippen molar-refractivity contribution in [2.75, 3.05) is 5.32 Å². The van der Waals surface area contributed by atoms with Gasteiger partial charge in [-0.05, 0) is 24.6 Å². The molecule has 1 aliphatic rings. The van der Waals surface area contributed by atoms with Crippen molar-refractivity contribution in [3.63, 3.8) is 0 Å². The minimum Gasteiger partial charge on any atom is -0.456 e. The Morgan fingerprint density at radius 2 is 1.95 bits per heavy atom. The van der Waals surface area contributed by atoms with Gasteiger partial charge in [0.2, 0.25) is 11.8 Å². The zero-order valence-electron chi connectivity index (χ0n) is 11.8. The molecule has 2 aromatic carbocycles. The summed E-state index contributed by atoms with van der Waals surface area (Å²) in [6, 6.07) is 13.0. The average molecular weight is 294 g/mol. The van der Waals surface area contributed by atoms with E-state index in [1.807, 2.05) is 42.5 Å². The quantitative estimate of drug-likeness (QED) is 0.763. The van der Waals surface area contributed by atoms with E-state index in [2.05, 4.69) is 10.6 Å². The summed E-state index contributed by atoms with van der Waals surface area (Å²) in [5.41, 5.74) is 2.22. The van der Waals surface area contributed by atoms with Crippen LogP contribution in [0.4, 0.5) is 5.69 Å². The highest BCUT2D eigenvalue weighted by Gasteiger charge is 2.27. The van der Waals surface area contributed by atoms with E-state index in [9.17, 15) is 9.59 Å². The molecule has 0 aliphatic carbocycles. The number of fused-ring (bicyclic) bond motifs is 3. The van der Waals surface area contributed by atoms with Crippen molar-refractivity contribution in [3.8, 4) is 0 Å². The number of carbonyl (C=O) groups excluding carboxylic acids is 2. The lowest BCUT2D eigenvalue weighted by molar-refractivity contribution is -0.122. The number of nitrogens with one attached hydrogen (secondary N) is 2. The number of anilines is 1. The van der Waals surface area contributed by atoms with Crippen LogP contribution in [-0.4, -0.2) is 17.9 Å². The Balaban J connectivity index is 1.63. The lowest BCUT2D eigenvalue weighted by Gasteiger charge is -2.10. The molecule has 0 bridgehead atoms. The van der Waals surface area contributed by atoms with Crippen LogP contribution >= 0.6 is 0 Å². The van der Waals surface area contributed by atoms with Gasteiger partial charge >= 0.3 is 0 Å². The molecule has 1 atom stereocenters. The molecule has 5 nitrogen and oxygen atoms in total. The predicted octanol–water partition coefficient (Wildman–Crippen LogP) is 2.80. The summed E-state index contributed by atoms with van der Waals surface area (Å²) in [7, 11) is 0. The third kappa shape index (κ3) is 2.11. The van der Waals surface area contributed by atoms with Crippen molar-refractivity contribution >= 4 is 39.4 Å². The summed E-state index contributed by atoms with van der Waals surface area (Å²) in [4.78, 5) is 23.3. The zero-order valence-corrected chi connectivity index (χ0v) is 11.8. The first-order valence-corrected chi connectivity index (χ1v) is 7.22. The normalized spacial score (nSPS) is 17.8. The standard InChI is InChI=1S/C17H14N2O3/c20-16-8-7-13(19-16)17(21)18-10-5-6-12-11-3-1-2-4-14(11)22-15(12)9-10/h1-6,9,13H,7-8H2,(H,18,21)(H,19,20). The van der Waals surface area contributed by atoms with Gasteiger partial charge in [0, 0.05) is 28.9 Å². The van der Waals surface area contributed by atoms with Crippen molar-refractivity contribution in [1.82, 2.24) is 5.32 Å². The van der Waals surface area contributed by atoms with E-state index in [0.29, 0.717) is 18.5 Å². The fourth-order valence-corrected chi connectivity index (χ4v) is 2.84. The molecule has 1 aliphatic heterocycles. The first-order valence-electron chi connectivity index (χ1n) is 7.22. The lowest BCUT2D eigenvalue weighted by Crippen LogP contribution is -2.37. The molecule has 4 rings (SSSR count). The number of furan rings is 1. The van der Waals surface area contributed by atoms with E-state index in [1.54, 1.807) is 0 Å². The monoisotopic (exact) mass is 294 g/mol. The molecule has 22 heavy (non-hydrogen) atoms. The summed E-state index contributed by atoms with van der Waals surface area (Å²) in [6.07, 6.45) is 0.943. The number of amides is 2. The van der Waals surface area contributed by atoms with Crippen LogP contribution in [0.15, 0.2) is 46.9 Å². The molecule has 110 valence electrons. The second-order valence-electron chi connectivity index (χ2n) is 5.46. The fourth-order valence-electron chi connectivity index (χ4n) is 2.84. The molecule has 1 unspecified atom stereocenters. The predicted molar refractivity (Wildman–Crippen MR) is 83.5 cm³/mol. The highest BCUT2D eigenvalue weighted by Crippen LogP contribution is 2.30. The second-order valence-corrected chi connectivity index (χ2v) is 5.46. The van der Waals surface area contributed by atoms with Crippen LogP contribution in [0.5, 0.6) is 0 Å². The third-order valence-electron chi connectivity index (χ3n) is 3.96. The van der Waals surface area contributed by atoms with E-state index in [4.69, 9.17) is 4.42 Å². The van der Waals surface area contributed by atoms with Gasteiger partial charge in [0.25, 0.3) is 0 Å². The fraction of sp³-hybridized carbons (Fsp3) is 0.176. The molecular formula is C17H14N2O3. The largest absolute Gasteiger partial charge is 0.456 e. The molecule has 0 radical (unpaired) electrons. The van der Waals surface area contributed by atoms with Crippen molar-refractivity contribution in [2.45, 2.75) is 18.9 Å². The molecule has 1 fully saturated rings. The Labute approximate surface area is 126 Å². The van der Waals surface area contributed by atoms with Crippen LogP contribution in [0, 0.1) is 0 Å². The zero-order chi connectivity index (χ0) is 15.1. The van der Waals surface area contributed by atoms with Gasteiger partial charge in [-0.1, -0.05) is 18.2 Å². The summed E-state index contributed by atoms with van der Waals surface area (Å²) in [6.45, 7) is 0. The van der Waals surface area contributed by atoms with Gasteiger partial charge < -0.3 is 15.1 Å². The van der Waals surface area contributed by atoms with Gasteiger partial charge in [-0.15, -0.1) is 0 Å². The molecule has 2 heterocycles. The Bertz CT molecular complexity index is 897.